The molecular formula is C25H23Cl3FNO2. The Bertz CT molecular complexity index is 1060. The van der Waals surface area contributed by atoms with E-state index in [0.29, 0.717) is 40.2 Å². The van der Waals surface area contributed by atoms with Gasteiger partial charge in [-0.15, -0.1) is 0 Å². The molecule has 3 nitrogen and oxygen atoms in total. The van der Waals surface area contributed by atoms with Gasteiger partial charge in [0, 0.05) is 17.1 Å². The highest BCUT2D eigenvalue weighted by Gasteiger charge is 2.44. The fraction of sp³-hybridized carbons (Fsp3) is 0.280. The van der Waals surface area contributed by atoms with E-state index < -0.39 is 5.60 Å². The van der Waals surface area contributed by atoms with E-state index in [9.17, 15) is 4.39 Å². The van der Waals surface area contributed by atoms with Gasteiger partial charge in [-0.25, -0.2) is 4.39 Å². The molecule has 1 aliphatic rings. The highest BCUT2D eigenvalue weighted by molar-refractivity contribution is 6.42. The standard InChI is InChI=1S/C25H23Cl3FNO2/c26-20-8-6-19(7-9-20)25(32-16-18-3-1-2-4-23(18)29)11-12-30-14-24(25)31-15-17-5-10-21(27)22(28)13-17/h1-10,13,24,30H,11-12,14-16H2/t24-,25-/m0/s1. The van der Waals surface area contributed by atoms with Gasteiger partial charge in [0.05, 0.1) is 23.3 Å². The zero-order valence-electron chi connectivity index (χ0n) is 17.3. The van der Waals surface area contributed by atoms with Gasteiger partial charge < -0.3 is 14.8 Å². The molecule has 1 saturated heterocycles. The molecule has 3 aromatic carbocycles. The Balaban J connectivity index is 1.62. The van der Waals surface area contributed by atoms with Crippen molar-refractivity contribution in [3.05, 3.63) is 104 Å². The minimum Gasteiger partial charge on any atom is -0.369 e. The molecular weight excluding hydrogens is 472 g/mol. The van der Waals surface area contributed by atoms with E-state index in [2.05, 4.69) is 5.32 Å². The van der Waals surface area contributed by atoms with Crippen molar-refractivity contribution in [2.45, 2.75) is 31.3 Å². The molecule has 0 radical (unpaired) electrons. The molecule has 0 unspecified atom stereocenters. The van der Waals surface area contributed by atoms with Gasteiger partial charge in [-0.2, -0.15) is 0 Å². The molecule has 1 heterocycles. The van der Waals surface area contributed by atoms with Crippen LogP contribution in [-0.4, -0.2) is 19.2 Å². The van der Waals surface area contributed by atoms with Gasteiger partial charge in [0.15, 0.2) is 0 Å². The summed E-state index contributed by atoms with van der Waals surface area (Å²) in [6.07, 6.45) is 0.341. The molecule has 0 aliphatic carbocycles. The third-order valence-corrected chi connectivity index (χ3v) is 6.73. The Morgan fingerprint density at radius 3 is 2.47 bits per heavy atom. The second-order valence-electron chi connectivity index (χ2n) is 7.78. The lowest BCUT2D eigenvalue weighted by Gasteiger charge is -2.44. The van der Waals surface area contributed by atoms with E-state index in [1.54, 1.807) is 30.3 Å². The predicted molar refractivity (Wildman–Crippen MR) is 127 cm³/mol. The van der Waals surface area contributed by atoms with Crippen LogP contribution in [0.5, 0.6) is 0 Å². The summed E-state index contributed by atoms with van der Waals surface area (Å²) in [5, 5.41) is 5.00. The minimum absolute atomic E-state index is 0.127. The van der Waals surface area contributed by atoms with Crippen LogP contribution in [0.15, 0.2) is 66.7 Å². The Morgan fingerprint density at radius 2 is 1.72 bits per heavy atom. The Morgan fingerprint density at radius 1 is 0.938 bits per heavy atom. The molecule has 4 rings (SSSR count). The van der Waals surface area contributed by atoms with Gasteiger partial charge in [0.2, 0.25) is 0 Å². The summed E-state index contributed by atoms with van der Waals surface area (Å²) in [4.78, 5) is 0. The van der Waals surface area contributed by atoms with Crippen molar-refractivity contribution in [2.24, 2.45) is 0 Å². The van der Waals surface area contributed by atoms with Crippen molar-refractivity contribution in [3.63, 3.8) is 0 Å². The van der Waals surface area contributed by atoms with E-state index in [4.69, 9.17) is 44.3 Å². The summed E-state index contributed by atoms with van der Waals surface area (Å²) in [5.41, 5.74) is 1.58. The molecule has 3 aromatic rings. The molecule has 1 aliphatic heterocycles. The highest BCUT2D eigenvalue weighted by atomic mass is 35.5. The lowest BCUT2D eigenvalue weighted by atomic mass is 9.82. The Hall–Kier alpha value is -1.66. The zero-order valence-corrected chi connectivity index (χ0v) is 19.6. The van der Waals surface area contributed by atoms with Crippen LogP contribution in [0.2, 0.25) is 15.1 Å². The number of ether oxygens (including phenoxy) is 2. The number of hydrogen-bond donors (Lipinski definition) is 1. The number of halogens is 4. The zero-order chi connectivity index (χ0) is 22.6. The van der Waals surface area contributed by atoms with Gasteiger partial charge in [-0.1, -0.05) is 71.2 Å². The normalized spacial score (nSPS) is 20.9. The van der Waals surface area contributed by atoms with Crippen LogP contribution in [0.1, 0.15) is 23.1 Å². The third-order valence-electron chi connectivity index (χ3n) is 5.73. The number of hydrogen-bond acceptors (Lipinski definition) is 3. The smallest absolute Gasteiger partial charge is 0.128 e. The monoisotopic (exact) mass is 493 g/mol. The maximum atomic E-state index is 14.3. The van der Waals surface area contributed by atoms with Gasteiger partial charge in [-0.3, -0.25) is 0 Å². The van der Waals surface area contributed by atoms with E-state index in [1.807, 2.05) is 30.3 Å². The lowest BCUT2D eigenvalue weighted by Crippen LogP contribution is -2.54. The molecule has 2 atom stereocenters. The molecule has 0 amide bonds. The summed E-state index contributed by atoms with van der Waals surface area (Å²) >= 11 is 18.3. The van der Waals surface area contributed by atoms with Crippen LogP contribution >= 0.6 is 34.8 Å². The van der Waals surface area contributed by atoms with E-state index >= 15 is 0 Å². The van der Waals surface area contributed by atoms with Crippen molar-refractivity contribution < 1.29 is 13.9 Å². The van der Waals surface area contributed by atoms with Crippen molar-refractivity contribution in [2.75, 3.05) is 13.1 Å². The predicted octanol–water partition coefficient (Wildman–Crippen LogP) is 6.78. The summed E-state index contributed by atoms with van der Waals surface area (Å²) in [5.74, 6) is -0.291. The first-order valence-electron chi connectivity index (χ1n) is 10.4. The average Bonchev–Trinajstić information content (AvgIpc) is 2.80. The third kappa shape index (κ3) is 5.28. The van der Waals surface area contributed by atoms with Crippen LogP contribution in [0.4, 0.5) is 4.39 Å². The van der Waals surface area contributed by atoms with Crippen molar-refractivity contribution in [3.8, 4) is 0 Å². The van der Waals surface area contributed by atoms with Gasteiger partial charge in [0.25, 0.3) is 0 Å². The Labute approximate surface area is 202 Å². The second-order valence-corrected chi connectivity index (χ2v) is 9.03. The molecule has 0 bridgehead atoms. The molecule has 168 valence electrons. The SMILES string of the molecule is Fc1ccccc1CO[C@]1(c2ccc(Cl)cc2)CCNC[C@@H]1OCc1ccc(Cl)c(Cl)c1. The first-order valence-corrected chi connectivity index (χ1v) is 11.5. The number of piperidine rings is 1. The fourth-order valence-corrected chi connectivity index (χ4v) is 4.43. The van der Waals surface area contributed by atoms with Crippen LogP contribution in [0.3, 0.4) is 0 Å². The van der Waals surface area contributed by atoms with E-state index in [0.717, 1.165) is 17.7 Å². The van der Waals surface area contributed by atoms with Crippen LogP contribution in [0, 0.1) is 5.82 Å². The van der Waals surface area contributed by atoms with Crippen LogP contribution in [-0.2, 0) is 28.3 Å². The summed E-state index contributed by atoms with van der Waals surface area (Å²) in [6, 6.07) is 19.6. The van der Waals surface area contributed by atoms with Gasteiger partial charge >= 0.3 is 0 Å². The highest BCUT2D eigenvalue weighted by Crippen LogP contribution is 2.39. The summed E-state index contributed by atoms with van der Waals surface area (Å²) in [6.45, 7) is 1.79. The van der Waals surface area contributed by atoms with E-state index in [1.165, 1.54) is 6.07 Å². The van der Waals surface area contributed by atoms with Crippen LogP contribution < -0.4 is 5.32 Å². The molecule has 7 heteroatoms. The van der Waals surface area contributed by atoms with Crippen molar-refractivity contribution in [1.82, 2.24) is 5.32 Å². The molecule has 0 saturated carbocycles. The lowest BCUT2D eigenvalue weighted by molar-refractivity contribution is -0.176. The quantitative estimate of drug-likeness (QED) is 0.393. The maximum absolute atomic E-state index is 14.3. The largest absolute Gasteiger partial charge is 0.369 e. The van der Waals surface area contributed by atoms with Gasteiger partial charge in [0.1, 0.15) is 17.5 Å². The van der Waals surface area contributed by atoms with E-state index in [-0.39, 0.29) is 18.5 Å². The molecule has 1 N–H and O–H groups in total. The van der Waals surface area contributed by atoms with Crippen molar-refractivity contribution >= 4 is 34.8 Å². The molecule has 0 aromatic heterocycles. The summed E-state index contributed by atoms with van der Waals surface area (Å²) in [7, 11) is 0. The first kappa shape index (κ1) is 23.5. The molecule has 32 heavy (non-hydrogen) atoms. The minimum atomic E-state index is -0.770. The Kier molecular flexibility index (Phi) is 7.72. The van der Waals surface area contributed by atoms with Crippen molar-refractivity contribution in [1.29, 1.82) is 0 Å². The fourth-order valence-electron chi connectivity index (χ4n) is 3.99. The second kappa shape index (κ2) is 10.5. The average molecular weight is 495 g/mol. The molecule has 1 fully saturated rings. The number of nitrogens with one attached hydrogen (secondary N) is 1. The number of benzene rings is 3. The maximum Gasteiger partial charge on any atom is 0.128 e. The number of rotatable bonds is 7. The van der Waals surface area contributed by atoms with Gasteiger partial charge in [-0.05, 0) is 54.4 Å². The summed E-state index contributed by atoms with van der Waals surface area (Å²) < 4.78 is 27.2. The topological polar surface area (TPSA) is 30.5 Å². The first-order chi connectivity index (χ1) is 15.5. The van der Waals surface area contributed by atoms with Crippen LogP contribution in [0.25, 0.3) is 0 Å². The molecule has 0 spiro atoms.